The van der Waals surface area contributed by atoms with Crippen LogP contribution in [0.25, 0.3) is 0 Å². The number of aliphatic hydroxyl groups excluding tert-OH is 1. The molecule has 0 radical (unpaired) electrons. The molecule has 1 rings (SSSR count). The van der Waals surface area contributed by atoms with Crippen molar-refractivity contribution in [1.29, 1.82) is 0 Å². The largest absolute Gasteiger partial charge is 0.395 e. The third-order valence-corrected chi connectivity index (χ3v) is 3.98. The summed E-state index contributed by atoms with van der Waals surface area (Å²) in [5, 5.41) is 8.97. The highest BCUT2D eigenvalue weighted by molar-refractivity contribution is 7.80. The molecule has 1 aliphatic heterocycles. The second-order valence-corrected chi connectivity index (χ2v) is 4.68. The zero-order valence-corrected chi connectivity index (χ0v) is 10.5. The van der Waals surface area contributed by atoms with Gasteiger partial charge in [-0.2, -0.15) is 12.6 Å². The first kappa shape index (κ1) is 13.3. The van der Waals surface area contributed by atoms with Crippen LogP contribution in [-0.4, -0.2) is 55.2 Å². The van der Waals surface area contributed by atoms with Crippen LogP contribution in [0, 0.1) is 5.41 Å². The van der Waals surface area contributed by atoms with E-state index in [1.54, 1.807) is 0 Å². The van der Waals surface area contributed by atoms with Crippen LogP contribution in [0.15, 0.2) is 0 Å². The van der Waals surface area contributed by atoms with E-state index in [0.717, 1.165) is 51.4 Å². The van der Waals surface area contributed by atoms with Crippen molar-refractivity contribution in [3.8, 4) is 0 Å². The van der Waals surface area contributed by atoms with E-state index in [9.17, 15) is 0 Å². The standard InChI is InChI=1S/C11H23NO2S/c1-2-12(5-6-13)9-11(10-15)3-7-14-8-4-11/h13,15H,2-10H2,1H3. The molecule has 1 heterocycles. The Bertz CT molecular complexity index is 172. The summed E-state index contributed by atoms with van der Waals surface area (Å²) < 4.78 is 5.40. The second-order valence-electron chi connectivity index (χ2n) is 4.36. The Morgan fingerprint density at radius 3 is 2.53 bits per heavy atom. The van der Waals surface area contributed by atoms with Crippen molar-refractivity contribution in [2.24, 2.45) is 5.41 Å². The van der Waals surface area contributed by atoms with Gasteiger partial charge < -0.3 is 14.7 Å². The van der Waals surface area contributed by atoms with Crippen LogP contribution in [0.4, 0.5) is 0 Å². The number of hydrogen-bond acceptors (Lipinski definition) is 4. The summed E-state index contributed by atoms with van der Waals surface area (Å²) in [4.78, 5) is 2.31. The lowest BCUT2D eigenvalue weighted by Gasteiger charge is -2.39. The average molecular weight is 233 g/mol. The molecule has 0 unspecified atom stereocenters. The van der Waals surface area contributed by atoms with E-state index in [1.807, 2.05) is 0 Å². The molecular weight excluding hydrogens is 210 g/mol. The van der Waals surface area contributed by atoms with Crippen molar-refractivity contribution in [3.05, 3.63) is 0 Å². The van der Waals surface area contributed by atoms with Crippen molar-refractivity contribution >= 4 is 12.6 Å². The van der Waals surface area contributed by atoms with Gasteiger partial charge in [-0.3, -0.25) is 0 Å². The number of ether oxygens (including phenoxy) is 1. The van der Waals surface area contributed by atoms with Crippen LogP contribution in [0.3, 0.4) is 0 Å². The van der Waals surface area contributed by atoms with Gasteiger partial charge in [0.05, 0.1) is 6.61 Å². The number of hydrogen-bond donors (Lipinski definition) is 2. The molecule has 0 aromatic rings. The SMILES string of the molecule is CCN(CCO)CC1(CS)CCOCC1. The molecule has 1 aliphatic rings. The van der Waals surface area contributed by atoms with Gasteiger partial charge in [-0.05, 0) is 30.6 Å². The van der Waals surface area contributed by atoms with Crippen molar-refractivity contribution in [3.63, 3.8) is 0 Å². The van der Waals surface area contributed by atoms with Crippen molar-refractivity contribution in [2.45, 2.75) is 19.8 Å². The summed E-state index contributed by atoms with van der Waals surface area (Å²) >= 11 is 4.49. The first-order chi connectivity index (χ1) is 7.26. The van der Waals surface area contributed by atoms with Crippen LogP contribution in [0.2, 0.25) is 0 Å². The lowest BCUT2D eigenvalue weighted by Crippen LogP contribution is -2.43. The second kappa shape index (κ2) is 6.74. The molecule has 0 spiro atoms. The van der Waals surface area contributed by atoms with Gasteiger partial charge in [0, 0.05) is 26.3 Å². The first-order valence-electron chi connectivity index (χ1n) is 5.78. The molecule has 4 heteroatoms. The molecule has 0 aliphatic carbocycles. The minimum Gasteiger partial charge on any atom is -0.395 e. The average Bonchev–Trinajstić information content (AvgIpc) is 2.30. The van der Waals surface area contributed by atoms with Gasteiger partial charge in [-0.25, -0.2) is 0 Å². The fourth-order valence-electron chi connectivity index (χ4n) is 2.14. The number of aliphatic hydroxyl groups is 1. The van der Waals surface area contributed by atoms with Crippen LogP contribution in [-0.2, 0) is 4.74 Å². The Labute approximate surface area is 98.2 Å². The Balaban J connectivity index is 2.49. The van der Waals surface area contributed by atoms with Crippen molar-refractivity contribution < 1.29 is 9.84 Å². The van der Waals surface area contributed by atoms with Gasteiger partial charge in [-0.15, -0.1) is 0 Å². The van der Waals surface area contributed by atoms with E-state index in [2.05, 4.69) is 24.5 Å². The van der Waals surface area contributed by atoms with E-state index in [4.69, 9.17) is 9.84 Å². The molecule has 1 N–H and O–H groups in total. The summed E-state index contributed by atoms with van der Waals surface area (Å²) in [5.74, 6) is 0.915. The monoisotopic (exact) mass is 233 g/mol. The zero-order valence-electron chi connectivity index (χ0n) is 9.61. The lowest BCUT2D eigenvalue weighted by atomic mass is 9.81. The Morgan fingerprint density at radius 2 is 2.07 bits per heavy atom. The Kier molecular flexibility index (Phi) is 5.97. The van der Waals surface area contributed by atoms with E-state index in [-0.39, 0.29) is 6.61 Å². The highest BCUT2D eigenvalue weighted by Gasteiger charge is 2.32. The molecule has 0 saturated carbocycles. The van der Waals surface area contributed by atoms with Gasteiger partial charge in [0.25, 0.3) is 0 Å². The fourth-order valence-corrected chi connectivity index (χ4v) is 2.55. The molecule has 1 saturated heterocycles. The van der Waals surface area contributed by atoms with E-state index in [1.165, 1.54) is 0 Å². The van der Waals surface area contributed by atoms with E-state index in [0.29, 0.717) is 5.41 Å². The predicted molar refractivity (Wildman–Crippen MR) is 65.5 cm³/mol. The first-order valence-corrected chi connectivity index (χ1v) is 6.41. The predicted octanol–water partition coefficient (Wildman–Crippen LogP) is 1.03. The molecule has 0 amide bonds. The normalized spacial score (nSPS) is 20.8. The van der Waals surface area contributed by atoms with Gasteiger partial charge in [0.15, 0.2) is 0 Å². The van der Waals surface area contributed by atoms with Gasteiger partial charge in [-0.1, -0.05) is 6.92 Å². The third kappa shape index (κ3) is 3.94. The maximum atomic E-state index is 8.97. The molecule has 90 valence electrons. The van der Waals surface area contributed by atoms with Crippen LogP contribution >= 0.6 is 12.6 Å². The third-order valence-electron chi connectivity index (χ3n) is 3.31. The minimum atomic E-state index is 0.243. The molecular formula is C11H23NO2S. The van der Waals surface area contributed by atoms with Crippen LogP contribution < -0.4 is 0 Å². The lowest BCUT2D eigenvalue weighted by molar-refractivity contribution is 0.00637. The summed E-state index contributed by atoms with van der Waals surface area (Å²) in [6.07, 6.45) is 2.19. The quantitative estimate of drug-likeness (QED) is 0.672. The van der Waals surface area contributed by atoms with Gasteiger partial charge in [0.2, 0.25) is 0 Å². The number of likely N-dealkylation sites (N-methyl/N-ethyl adjacent to an activating group) is 1. The molecule has 0 atom stereocenters. The summed E-state index contributed by atoms with van der Waals surface area (Å²) in [5.41, 5.74) is 0.298. The molecule has 0 bridgehead atoms. The Hall–Kier alpha value is 0.230. The van der Waals surface area contributed by atoms with E-state index >= 15 is 0 Å². The minimum absolute atomic E-state index is 0.243. The molecule has 3 nitrogen and oxygen atoms in total. The van der Waals surface area contributed by atoms with Crippen molar-refractivity contribution in [1.82, 2.24) is 4.90 Å². The molecule has 0 aromatic carbocycles. The fraction of sp³-hybridized carbons (Fsp3) is 1.00. The highest BCUT2D eigenvalue weighted by Crippen LogP contribution is 2.32. The van der Waals surface area contributed by atoms with Crippen LogP contribution in [0.1, 0.15) is 19.8 Å². The van der Waals surface area contributed by atoms with Crippen LogP contribution in [0.5, 0.6) is 0 Å². The number of rotatable bonds is 6. The summed E-state index contributed by atoms with van der Waals surface area (Å²) in [7, 11) is 0. The van der Waals surface area contributed by atoms with Gasteiger partial charge >= 0.3 is 0 Å². The molecule has 0 aromatic heterocycles. The summed E-state index contributed by atoms with van der Waals surface area (Å²) in [6.45, 7) is 6.91. The molecule has 15 heavy (non-hydrogen) atoms. The maximum absolute atomic E-state index is 8.97. The van der Waals surface area contributed by atoms with Crippen molar-refractivity contribution in [2.75, 3.05) is 45.2 Å². The zero-order chi connectivity index (χ0) is 11.1. The maximum Gasteiger partial charge on any atom is 0.0558 e. The number of nitrogens with zero attached hydrogens (tertiary/aromatic N) is 1. The number of thiol groups is 1. The molecule has 1 fully saturated rings. The highest BCUT2D eigenvalue weighted by atomic mass is 32.1. The van der Waals surface area contributed by atoms with Gasteiger partial charge in [0.1, 0.15) is 0 Å². The Morgan fingerprint density at radius 1 is 1.40 bits per heavy atom. The summed E-state index contributed by atoms with van der Waals surface area (Å²) in [6, 6.07) is 0. The smallest absolute Gasteiger partial charge is 0.0558 e. The topological polar surface area (TPSA) is 32.7 Å². The van der Waals surface area contributed by atoms with E-state index < -0.39 is 0 Å².